The summed E-state index contributed by atoms with van der Waals surface area (Å²) in [5, 5.41) is 0. The fourth-order valence-electron chi connectivity index (χ4n) is 0.862. The second kappa shape index (κ2) is 9.09. The van der Waals surface area contributed by atoms with E-state index in [1.165, 1.54) is 31.4 Å². The topological polar surface area (TPSA) is 0 Å². The van der Waals surface area contributed by atoms with Gasteiger partial charge in [-0.25, -0.2) is 0 Å². The molecule has 0 nitrogen and oxygen atoms in total. The third-order valence-corrected chi connectivity index (χ3v) is 2.17. The molecule has 0 saturated heterocycles. The van der Waals surface area contributed by atoms with E-state index in [1.807, 2.05) is 11.8 Å². The van der Waals surface area contributed by atoms with E-state index in [4.69, 9.17) is 6.58 Å². The molecule has 0 aliphatic carbocycles. The maximum atomic E-state index is 5.24. The maximum absolute atomic E-state index is 5.24. The lowest BCUT2D eigenvalue weighted by Crippen LogP contribution is -1.79. The summed E-state index contributed by atoms with van der Waals surface area (Å²) in [6, 6.07) is 0. The minimum atomic E-state index is 1.08. The van der Waals surface area contributed by atoms with Crippen LogP contribution in [0.1, 0.15) is 32.1 Å². The lowest BCUT2D eigenvalue weighted by atomic mass is 10.2. The average Bonchev–Trinajstić information content (AvgIpc) is 1.97. The van der Waals surface area contributed by atoms with E-state index in [0.29, 0.717) is 0 Å². The number of thioether (sulfide) groups is 1. The molecule has 0 aromatic rings. The summed E-state index contributed by atoms with van der Waals surface area (Å²) in [4.78, 5) is 0. The minimum Gasteiger partial charge on any atom is -0.165 e. The Bertz CT molecular complexity index is 69.1. The van der Waals surface area contributed by atoms with Crippen molar-refractivity contribution in [3.05, 3.63) is 12.7 Å². The molecule has 1 heteroatoms. The van der Waals surface area contributed by atoms with Gasteiger partial charge in [-0.15, -0.1) is 0 Å². The number of hydrogen-bond acceptors (Lipinski definition) is 1. The van der Waals surface area contributed by atoms with Crippen molar-refractivity contribution >= 4 is 11.8 Å². The molecule has 0 rings (SSSR count). The molecule has 0 aliphatic rings. The van der Waals surface area contributed by atoms with Crippen LogP contribution in [-0.4, -0.2) is 12.0 Å². The molecule has 0 aliphatic heterocycles. The SMILES string of the molecule is [CH]=CCCCCCCSC. The first-order valence-electron chi connectivity index (χ1n) is 3.94. The molecule has 0 bridgehead atoms. The van der Waals surface area contributed by atoms with Crippen molar-refractivity contribution in [2.45, 2.75) is 32.1 Å². The van der Waals surface area contributed by atoms with Crippen LogP contribution in [0.15, 0.2) is 6.08 Å². The summed E-state index contributed by atoms with van der Waals surface area (Å²) in [5.74, 6) is 1.31. The van der Waals surface area contributed by atoms with Gasteiger partial charge >= 0.3 is 0 Å². The van der Waals surface area contributed by atoms with E-state index >= 15 is 0 Å². The molecular formula is C9H17S. The zero-order valence-corrected chi connectivity index (χ0v) is 7.62. The van der Waals surface area contributed by atoms with Crippen molar-refractivity contribution in [1.29, 1.82) is 0 Å². The highest BCUT2D eigenvalue weighted by molar-refractivity contribution is 7.98. The number of rotatable bonds is 7. The second-order valence-electron chi connectivity index (χ2n) is 2.43. The third kappa shape index (κ3) is 8.09. The zero-order chi connectivity index (χ0) is 7.66. The van der Waals surface area contributed by atoms with Gasteiger partial charge in [0.1, 0.15) is 0 Å². The van der Waals surface area contributed by atoms with Crippen LogP contribution in [-0.2, 0) is 0 Å². The highest BCUT2D eigenvalue weighted by atomic mass is 32.2. The molecule has 0 heterocycles. The lowest BCUT2D eigenvalue weighted by molar-refractivity contribution is 0.678. The van der Waals surface area contributed by atoms with Crippen LogP contribution in [0, 0.1) is 6.58 Å². The third-order valence-electron chi connectivity index (χ3n) is 1.47. The molecule has 0 spiro atoms. The monoisotopic (exact) mass is 157 g/mol. The van der Waals surface area contributed by atoms with Crippen molar-refractivity contribution in [1.82, 2.24) is 0 Å². The molecule has 59 valence electrons. The average molecular weight is 157 g/mol. The highest BCUT2D eigenvalue weighted by Gasteiger charge is 1.86. The number of allylic oxidation sites excluding steroid dienone is 1. The van der Waals surface area contributed by atoms with Gasteiger partial charge in [-0.3, -0.25) is 0 Å². The first-order valence-corrected chi connectivity index (χ1v) is 5.33. The van der Waals surface area contributed by atoms with Gasteiger partial charge in [-0.1, -0.05) is 25.5 Å². The predicted molar refractivity (Wildman–Crippen MR) is 50.3 cm³/mol. The molecular weight excluding hydrogens is 140 g/mol. The largest absolute Gasteiger partial charge is 0.165 e. The summed E-state index contributed by atoms with van der Waals surface area (Å²) < 4.78 is 0. The smallest absolute Gasteiger partial charge is 0.00703 e. The molecule has 1 radical (unpaired) electrons. The summed E-state index contributed by atoms with van der Waals surface area (Å²) >= 11 is 1.93. The first-order chi connectivity index (χ1) is 4.91. The normalized spacial score (nSPS) is 9.70. The first kappa shape index (κ1) is 10.1. The Labute approximate surface area is 69.1 Å². The zero-order valence-electron chi connectivity index (χ0n) is 6.81. The van der Waals surface area contributed by atoms with Crippen LogP contribution in [0.5, 0.6) is 0 Å². The molecule has 0 aromatic carbocycles. The van der Waals surface area contributed by atoms with Crippen LogP contribution in [0.2, 0.25) is 0 Å². The maximum Gasteiger partial charge on any atom is -0.00703 e. The molecule has 0 N–H and O–H groups in total. The van der Waals surface area contributed by atoms with Crippen LogP contribution in [0.4, 0.5) is 0 Å². The van der Waals surface area contributed by atoms with E-state index in [0.717, 1.165) is 6.42 Å². The predicted octanol–water partition coefficient (Wildman–Crippen LogP) is 3.29. The molecule has 0 unspecified atom stereocenters. The Balaban J connectivity index is 2.70. The Morgan fingerprint density at radius 1 is 1.20 bits per heavy atom. The quantitative estimate of drug-likeness (QED) is 0.511. The van der Waals surface area contributed by atoms with E-state index in [-0.39, 0.29) is 0 Å². The highest BCUT2D eigenvalue weighted by Crippen LogP contribution is 2.06. The second-order valence-corrected chi connectivity index (χ2v) is 3.42. The standard InChI is InChI=1S/C9H17S/c1-3-4-5-6-7-8-9-10-2/h1,3H,4-9H2,2H3. The van der Waals surface area contributed by atoms with Crippen molar-refractivity contribution in [3.8, 4) is 0 Å². The van der Waals surface area contributed by atoms with E-state index in [1.54, 1.807) is 6.08 Å². The van der Waals surface area contributed by atoms with Gasteiger partial charge in [0.25, 0.3) is 0 Å². The van der Waals surface area contributed by atoms with Gasteiger partial charge in [0.15, 0.2) is 0 Å². The van der Waals surface area contributed by atoms with Gasteiger partial charge in [0.05, 0.1) is 0 Å². The molecule has 0 saturated carbocycles. The van der Waals surface area contributed by atoms with Crippen LogP contribution in [0.3, 0.4) is 0 Å². The Kier molecular flexibility index (Phi) is 9.17. The van der Waals surface area contributed by atoms with Gasteiger partial charge < -0.3 is 0 Å². The minimum absolute atomic E-state index is 1.08. The van der Waals surface area contributed by atoms with Crippen LogP contribution < -0.4 is 0 Å². The lowest BCUT2D eigenvalue weighted by Gasteiger charge is -1.96. The van der Waals surface area contributed by atoms with Crippen molar-refractivity contribution in [3.63, 3.8) is 0 Å². The van der Waals surface area contributed by atoms with Crippen molar-refractivity contribution in [2.24, 2.45) is 0 Å². The summed E-state index contributed by atoms with van der Waals surface area (Å²) in [5.41, 5.74) is 0. The van der Waals surface area contributed by atoms with Crippen LogP contribution in [0.25, 0.3) is 0 Å². The fraction of sp³-hybridized carbons (Fsp3) is 0.778. The Hall–Kier alpha value is 0.0900. The number of hydrogen-bond donors (Lipinski definition) is 0. The molecule has 0 amide bonds. The molecule has 0 fully saturated rings. The van der Waals surface area contributed by atoms with Gasteiger partial charge in [-0.05, 0) is 31.3 Å². The van der Waals surface area contributed by atoms with Gasteiger partial charge in [0.2, 0.25) is 0 Å². The van der Waals surface area contributed by atoms with E-state index < -0.39 is 0 Å². The summed E-state index contributed by atoms with van der Waals surface area (Å²) in [7, 11) is 0. The fourth-order valence-corrected chi connectivity index (χ4v) is 1.35. The van der Waals surface area contributed by atoms with Gasteiger partial charge in [-0.2, -0.15) is 11.8 Å². The van der Waals surface area contributed by atoms with E-state index in [2.05, 4.69) is 6.26 Å². The summed E-state index contributed by atoms with van der Waals surface area (Å²) in [6.07, 6.45) is 10.3. The molecule has 0 atom stereocenters. The van der Waals surface area contributed by atoms with E-state index in [9.17, 15) is 0 Å². The Morgan fingerprint density at radius 3 is 2.50 bits per heavy atom. The van der Waals surface area contributed by atoms with Crippen LogP contribution >= 0.6 is 11.8 Å². The van der Waals surface area contributed by atoms with Gasteiger partial charge in [0, 0.05) is 0 Å². The van der Waals surface area contributed by atoms with Crippen molar-refractivity contribution < 1.29 is 0 Å². The number of unbranched alkanes of at least 4 members (excludes halogenated alkanes) is 4. The Morgan fingerprint density at radius 2 is 1.90 bits per heavy atom. The van der Waals surface area contributed by atoms with Crippen molar-refractivity contribution in [2.75, 3.05) is 12.0 Å². The molecule has 0 aromatic heterocycles. The molecule has 10 heavy (non-hydrogen) atoms. The summed E-state index contributed by atoms with van der Waals surface area (Å²) in [6.45, 7) is 5.24.